The number of carbonyl (C=O) groups excluding carboxylic acids is 1. The third-order valence-corrected chi connectivity index (χ3v) is 10.1. The summed E-state index contributed by atoms with van der Waals surface area (Å²) in [5, 5.41) is 22.5. The van der Waals surface area contributed by atoms with Crippen molar-refractivity contribution in [1.29, 1.82) is 0 Å². The number of rotatable bonds is 8. The van der Waals surface area contributed by atoms with Crippen molar-refractivity contribution in [3.8, 4) is 5.82 Å². The van der Waals surface area contributed by atoms with Crippen molar-refractivity contribution < 1.29 is 14.3 Å². The van der Waals surface area contributed by atoms with Crippen LogP contribution in [0.2, 0.25) is 0 Å². The van der Waals surface area contributed by atoms with Crippen molar-refractivity contribution in [2.45, 2.75) is 25.9 Å². The van der Waals surface area contributed by atoms with Gasteiger partial charge in [0, 0.05) is 62.1 Å². The molecular formula is C42H39FN8O4. The maximum Gasteiger partial charge on any atom is 0.274 e. The lowest BCUT2D eigenvalue weighted by Gasteiger charge is -2.36. The van der Waals surface area contributed by atoms with Gasteiger partial charge in [-0.15, -0.1) is 0 Å². The van der Waals surface area contributed by atoms with E-state index in [4.69, 9.17) is 0 Å². The van der Waals surface area contributed by atoms with Gasteiger partial charge in [0.15, 0.2) is 5.82 Å². The molecule has 0 spiro atoms. The summed E-state index contributed by atoms with van der Waals surface area (Å²) in [5.41, 5.74) is 3.59. The molecule has 55 heavy (non-hydrogen) atoms. The first kappa shape index (κ1) is 35.4. The van der Waals surface area contributed by atoms with E-state index in [0.29, 0.717) is 77.0 Å². The topological polar surface area (TPSA) is 141 Å². The summed E-state index contributed by atoms with van der Waals surface area (Å²) in [4.78, 5) is 47.4. The van der Waals surface area contributed by atoms with E-state index in [9.17, 15) is 19.5 Å². The molecule has 0 saturated carbocycles. The predicted octanol–water partition coefficient (Wildman–Crippen LogP) is 5.62. The maximum absolute atomic E-state index is 15.0. The lowest BCUT2D eigenvalue weighted by atomic mass is 10.0. The lowest BCUT2D eigenvalue weighted by Crippen LogP contribution is -2.49. The number of halogens is 1. The summed E-state index contributed by atoms with van der Waals surface area (Å²) >= 11 is 0. The molecule has 278 valence electrons. The number of hydrogen-bond acceptors (Lipinski definition) is 8. The van der Waals surface area contributed by atoms with E-state index in [2.05, 4.69) is 25.4 Å². The fraction of sp³-hybridized carbons (Fsp3) is 0.214. The van der Waals surface area contributed by atoms with E-state index in [1.165, 1.54) is 10.7 Å². The van der Waals surface area contributed by atoms with Crippen LogP contribution in [0.15, 0.2) is 113 Å². The molecule has 0 atom stereocenters. The summed E-state index contributed by atoms with van der Waals surface area (Å²) in [5.74, 6) is -0.422. The average Bonchev–Trinajstić information content (AvgIpc) is 3.44. The first-order chi connectivity index (χ1) is 26.4. The second-order valence-corrected chi connectivity index (χ2v) is 14.3. The Morgan fingerprint density at radius 1 is 0.855 bits per heavy atom. The van der Waals surface area contributed by atoms with Crippen molar-refractivity contribution in [1.82, 2.24) is 29.4 Å². The second-order valence-electron chi connectivity index (χ2n) is 14.3. The summed E-state index contributed by atoms with van der Waals surface area (Å²) in [7, 11) is 1.69. The molecule has 0 bridgehead atoms. The van der Waals surface area contributed by atoms with Crippen molar-refractivity contribution >= 4 is 44.6 Å². The smallest absolute Gasteiger partial charge is 0.274 e. The molecule has 12 nitrogen and oxygen atoms in total. The Hall–Kier alpha value is -6.60. The number of nitrogens with one attached hydrogen (secondary N) is 2. The number of piperazine rings is 1. The zero-order chi connectivity index (χ0) is 38.4. The van der Waals surface area contributed by atoms with E-state index in [1.54, 1.807) is 72.9 Å². The van der Waals surface area contributed by atoms with Gasteiger partial charge in [-0.1, -0.05) is 30.3 Å². The number of pyridine rings is 1. The average molecular weight is 739 g/mol. The Bertz CT molecular complexity index is 2700. The number of nitrogens with zero attached hydrogens (tertiary/aromatic N) is 6. The number of benzene rings is 4. The highest BCUT2D eigenvalue weighted by Gasteiger charge is 2.25. The highest BCUT2D eigenvalue weighted by atomic mass is 19.1. The molecule has 13 heteroatoms. The Morgan fingerprint density at radius 3 is 2.33 bits per heavy atom. The van der Waals surface area contributed by atoms with Crippen molar-refractivity contribution in [2.75, 3.05) is 36.4 Å². The van der Waals surface area contributed by atoms with Gasteiger partial charge in [0.2, 0.25) is 0 Å². The number of H-pyrrole nitrogens is 1. The van der Waals surface area contributed by atoms with Crippen LogP contribution in [0.25, 0.3) is 27.5 Å². The van der Waals surface area contributed by atoms with Gasteiger partial charge in [0.25, 0.3) is 17.0 Å². The van der Waals surface area contributed by atoms with Crippen molar-refractivity contribution in [3.05, 3.63) is 152 Å². The van der Waals surface area contributed by atoms with Crippen LogP contribution >= 0.6 is 0 Å². The van der Waals surface area contributed by atoms with Crippen LogP contribution in [0.1, 0.15) is 41.2 Å². The standard InChI is InChI=1S/C42H39FN8O4/c1-42(2,55)37-9-6-10-38(45-37)51-36-25-28(14-17-32(36)40(53)48(51)3)44-27-12-15-29(16-13-27)49-19-21-50(22-20-49)41(54)33-23-26(11-18-34(33)43)24-35-30-7-4-5-8-31(30)39(52)47-46-35/h4-18,23,25,44,55H,19-22,24H2,1-3H3,(H,47,52). The lowest BCUT2D eigenvalue weighted by molar-refractivity contribution is 0.0733. The molecule has 3 N–H and O–H groups in total. The van der Waals surface area contributed by atoms with E-state index >= 15 is 4.39 Å². The van der Waals surface area contributed by atoms with Gasteiger partial charge in [0.1, 0.15) is 11.4 Å². The van der Waals surface area contributed by atoms with Gasteiger partial charge in [-0.3, -0.25) is 14.4 Å². The molecule has 0 radical (unpaired) electrons. The van der Waals surface area contributed by atoms with E-state index in [-0.39, 0.29) is 22.6 Å². The molecule has 1 aliphatic rings. The van der Waals surface area contributed by atoms with Crippen molar-refractivity contribution in [3.63, 3.8) is 0 Å². The monoisotopic (exact) mass is 738 g/mol. The number of hydrogen-bond donors (Lipinski definition) is 3. The van der Waals surface area contributed by atoms with E-state index < -0.39 is 11.4 Å². The Balaban J connectivity index is 0.934. The summed E-state index contributed by atoms with van der Waals surface area (Å²) in [6, 6.07) is 30.6. The van der Waals surface area contributed by atoms with Gasteiger partial charge < -0.3 is 20.2 Å². The van der Waals surface area contributed by atoms with Crippen LogP contribution in [0.5, 0.6) is 0 Å². The fourth-order valence-corrected chi connectivity index (χ4v) is 7.16. The number of aromatic amines is 1. The molecule has 1 fully saturated rings. The molecule has 1 aliphatic heterocycles. The Labute approximate surface area is 315 Å². The van der Waals surface area contributed by atoms with Crippen LogP contribution in [-0.4, -0.2) is 66.6 Å². The SMILES string of the molecule is Cn1c(=O)c2ccc(Nc3ccc(N4CCN(C(=O)c5cc(Cc6n[nH]c(=O)c7ccccc67)ccc5F)CC4)cc3)cc2n1-c1cccc(C(C)(C)O)n1. The molecule has 1 saturated heterocycles. The predicted molar refractivity (Wildman–Crippen MR) is 211 cm³/mol. The third-order valence-electron chi connectivity index (χ3n) is 10.1. The molecule has 3 aromatic heterocycles. The number of carbonyl (C=O) groups is 1. The number of fused-ring (bicyclic) bond motifs is 2. The van der Waals surface area contributed by atoms with Crippen LogP contribution in [-0.2, 0) is 19.1 Å². The van der Waals surface area contributed by atoms with E-state index in [1.807, 2.05) is 54.6 Å². The fourth-order valence-electron chi connectivity index (χ4n) is 7.16. The number of aliphatic hydroxyl groups is 1. The first-order valence-electron chi connectivity index (χ1n) is 18.0. The Morgan fingerprint density at radius 2 is 1.58 bits per heavy atom. The van der Waals surface area contributed by atoms with Crippen LogP contribution in [0.3, 0.4) is 0 Å². The van der Waals surface area contributed by atoms with Gasteiger partial charge in [-0.05, 0) is 92.2 Å². The minimum Gasteiger partial charge on any atom is -0.384 e. The number of anilines is 3. The molecule has 7 aromatic rings. The molecule has 4 aromatic carbocycles. The summed E-state index contributed by atoms with van der Waals surface area (Å²) < 4.78 is 18.3. The molecule has 0 aliphatic carbocycles. The zero-order valence-electron chi connectivity index (χ0n) is 30.6. The zero-order valence-corrected chi connectivity index (χ0v) is 30.6. The normalized spacial score (nSPS) is 13.5. The molecule has 0 unspecified atom stereocenters. The minimum atomic E-state index is -1.14. The van der Waals surface area contributed by atoms with Gasteiger partial charge >= 0.3 is 0 Å². The highest BCUT2D eigenvalue weighted by molar-refractivity contribution is 5.95. The maximum atomic E-state index is 15.0. The molecule has 4 heterocycles. The number of amides is 1. The summed E-state index contributed by atoms with van der Waals surface area (Å²) in [6.45, 7) is 5.37. The molecular weight excluding hydrogens is 700 g/mol. The van der Waals surface area contributed by atoms with Crippen LogP contribution in [0.4, 0.5) is 21.5 Å². The van der Waals surface area contributed by atoms with Gasteiger partial charge in [-0.25, -0.2) is 23.8 Å². The molecule has 8 rings (SSSR count). The van der Waals surface area contributed by atoms with E-state index in [0.717, 1.165) is 17.1 Å². The van der Waals surface area contributed by atoms with Gasteiger partial charge in [0.05, 0.1) is 33.2 Å². The first-order valence-corrected chi connectivity index (χ1v) is 18.0. The van der Waals surface area contributed by atoms with Crippen LogP contribution < -0.4 is 21.3 Å². The Kier molecular flexibility index (Phi) is 9.01. The minimum absolute atomic E-state index is 0.0136. The molecule has 1 amide bonds. The quantitative estimate of drug-likeness (QED) is 0.183. The van der Waals surface area contributed by atoms with Gasteiger partial charge in [-0.2, -0.15) is 5.10 Å². The largest absolute Gasteiger partial charge is 0.384 e. The number of aromatic nitrogens is 5. The van der Waals surface area contributed by atoms with Crippen LogP contribution in [0, 0.1) is 5.82 Å². The van der Waals surface area contributed by atoms with Crippen molar-refractivity contribution in [2.24, 2.45) is 7.05 Å². The third kappa shape index (κ3) is 6.85. The summed E-state index contributed by atoms with van der Waals surface area (Å²) in [6.07, 6.45) is 0.328. The highest BCUT2D eigenvalue weighted by Crippen LogP contribution is 2.27. The second kappa shape index (κ2) is 14.0.